The lowest BCUT2D eigenvalue weighted by Gasteiger charge is -2.24. The molecule has 0 saturated carbocycles. The monoisotopic (exact) mass is 376 g/mol. The van der Waals surface area contributed by atoms with Crippen LogP contribution in [0.1, 0.15) is 43.5 Å². The van der Waals surface area contributed by atoms with Crippen molar-refractivity contribution in [2.24, 2.45) is 11.7 Å². The molecule has 1 aliphatic rings. The standard InChI is InChI=1S/C17H28N4O.2ClH/c1-13(2)15(18)8-12-20(3)17(22)14-7-6-9-19-16(14)21-10-4-5-11-21;;/h6-7,9,13,15H,4-5,8,10-12,18H2,1-3H3;2*1H. The molecule has 1 aromatic heterocycles. The summed E-state index contributed by atoms with van der Waals surface area (Å²) in [6, 6.07) is 3.84. The number of halogens is 2. The van der Waals surface area contributed by atoms with Gasteiger partial charge in [0.2, 0.25) is 0 Å². The first kappa shape index (κ1) is 23.0. The van der Waals surface area contributed by atoms with Crippen molar-refractivity contribution in [3.63, 3.8) is 0 Å². The number of amides is 1. The van der Waals surface area contributed by atoms with Crippen molar-refractivity contribution >= 4 is 36.5 Å². The summed E-state index contributed by atoms with van der Waals surface area (Å²) in [5, 5.41) is 0. The van der Waals surface area contributed by atoms with Gasteiger partial charge in [0.05, 0.1) is 5.56 Å². The number of hydrogen-bond donors (Lipinski definition) is 1. The Morgan fingerprint density at radius 2 is 1.96 bits per heavy atom. The number of pyridine rings is 1. The Balaban J connectivity index is 0.00000264. The fourth-order valence-corrected chi connectivity index (χ4v) is 2.73. The molecular weight excluding hydrogens is 347 g/mol. The molecule has 2 N–H and O–H groups in total. The number of hydrogen-bond acceptors (Lipinski definition) is 4. The number of aromatic nitrogens is 1. The normalized spacial score (nSPS) is 14.8. The third-order valence-electron chi connectivity index (χ3n) is 4.42. The molecule has 0 spiro atoms. The molecule has 1 atom stereocenters. The fourth-order valence-electron chi connectivity index (χ4n) is 2.73. The number of carbonyl (C=O) groups is 1. The summed E-state index contributed by atoms with van der Waals surface area (Å²) in [4.78, 5) is 21.1. The topological polar surface area (TPSA) is 62.5 Å². The van der Waals surface area contributed by atoms with Crippen LogP contribution < -0.4 is 10.6 Å². The lowest BCUT2D eigenvalue weighted by molar-refractivity contribution is 0.0789. The Kier molecular flexibility index (Phi) is 10.3. The van der Waals surface area contributed by atoms with E-state index in [2.05, 4.69) is 23.7 Å². The van der Waals surface area contributed by atoms with E-state index in [1.165, 1.54) is 12.8 Å². The van der Waals surface area contributed by atoms with Crippen molar-refractivity contribution in [3.8, 4) is 0 Å². The van der Waals surface area contributed by atoms with Crippen LogP contribution in [-0.2, 0) is 0 Å². The van der Waals surface area contributed by atoms with Gasteiger partial charge in [0.25, 0.3) is 5.91 Å². The zero-order valence-corrected chi connectivity index (χ0v) is 16.4. The highest BCUT2D eigenvalue weighted by atomic mass is 35.5. The van der Waals surface area contributed by atoms with Gasteiger partial charge in [-0.25, -0.2) is 4.98 Å². The molecule has 1 amide bonds. The van der Waals surface area contributed by atoms with E-state index in [-0.39, 0.29) is 36.8 Å². The minimum Gasteiger partial charge on any atom is -0.356 e. The quantitative estimate of drug-likeness (QED) is 0.828. The number of nitrogens with two attached hydrogens (primary N) is 1. The fraction of sp³-hybridized carbons (Fsp3) is 0.647. The average Bonchev–Trinajstić information content (AvgIpc) is 3.05. The highest BCUT2D eigenvalue weighted by Gasteiger charge is 2.22. The summed E-state index contributed by atoms with van der Waals surface area (Å²) < 4.78 is 0. The molecule has 1 unspecified atom stereocenters. The molecule has 7 heteroatoms. The molecule has 5 nitrogen and oxygen atoms in total. The molecule has 1 saturated heterocycles. The smallest absolute Gasteiger partial charge is 0.257 e. The molecule has 0 aromatic carbocycles. The van der Waals surface area contributed by atoms with Gasteiger partial charge in [-0.1, -0.05) is 13.8 Å². The maximum atomic E-state index is 12.7. The summed E-state index contributed by atoms with van der Waals surface area (Å²) in [5.41, 5.74) is 6.77. The van der Waals surface area contributed by atoms with Gasteiger partial charge in [-0.2, -0.15) is 0 Å². The Bertz CT molecular complexity index is 507. The molecule has 0 bridgehead atoms. The van der Waals surface area contributed by atoms with Crippen molar-refractivity contribution in [2.75, 3.05) is 31.6 Å². The number of anilines is 1. The SMILES string of the molecule is CC(C)C(N)CCN(C)C(=O)c1cccnc1N1CCCC1.Cl.Cl. The van der Waals surface area contributed by atoms with Crippen LogP contribution in [0.2, 0.25) is 0 Å². The largest absolute Gasteiger partial charge is 0.356 e. The predicted molar refractivity (Wildman–Crippen MR) is 105 cm³/mol. The first-order valence-corrected chi connectivity index (χ1v) is 8.21. The second-order valence-electron chi connectivity index (χ2n) is 6.49. The lowest BCUT2D eigenvalue weighted by Crippen LogP contribution is -2.35. The van der Waals surface area contributed by atoms with E-state index in [4.69, 9.17) is 5.73 Å². The van der Waals surface area contributed by atoms with Crippen LogP contribution in [0.4, 0.5) is 5.82 Å². The lowest BCUT2D eigenvalue weighted by atomic mass is 10.0. The van der Waals surface area contributed by atoms with E-state index in [0.717, 1.165) is 25.3 Å². The summed E-state index contributed by atoms with van der Waals surface area (Å²) in [6.45, 7) is 6.86. The van der Waals surface area contributed by atoms with Crippen LogP contribution in [0.25, 0.3) is 0 Å². The maximum absolute atomic E-state index is 12.7. The second-order valence-corrected chi connectivity index (χ2v) is 6.49. The highest BCUT2D eigenvalue weighted by molar-refractivity contribution is 5.98. The van der Waals surface area contributed by atoms with Gasteiger partial charge >= 0.3 is 0 Å². The van der Waals surface area contributed by atoms with Gasteiger partial charge in [-0.15, -0.1) is 24.8 Å². The number of rotatable bonds is 6. The van der Waals surface area contributed by atoms with E-state index in [1.807, 2.05) is 19.2 Å². The molecule has 24 heavy (non-hydrogen) atoms. The Morgan fingerprint density at radius 3 is 2.54 bits per heavy atom. The van der Waals surface area contributed by atoms with Crippen LogP contribution in [-0.4, -0.2) is 48.5 Å². The van der Waals surface area contributed by atoms with E-state index in [0.29, 0.717) is 18.0 Å². The predicted octanol–water partition coefficient (Wildman–Crippen LogP) is 2.97. The van der Waals surface area contributed by atoms with Crippen molar-refractivity contribution in [3.05, 3.63) is 23.9 Å². The van der Waals surface area contributed by atoms with Crippen molar-refractivity contribution in [1.82, 2.24) is 9.88 Å². The molecule has 138 valence electrons. The Morgan fingerprint density at radius 1 is 1.33 bits per heavy atom. The van der Waals surface area contributed by atoms with Crippen molar-refractivity contribution < 1.29 is 4.79 Å². The Hall–Kier alpha value is -1.04. The first-order chi connectivity index (χ1) is 10.5. The zero-order valence-electron chi connectivity index (χ0n) is 14.8. The third-order valence-corrected chi connectivity index (χ3v) is 4.42. The minimum absolute atomic E-state index is 0. The molecule has 0 radical (unpaired) electrons. The molecule has 0 aliphatic carbocycles. The molecule has 1 aliphatic heterocycles. The molecule has 2 rings (SSSR count). The van der Waals surface area contributed by atoms with Crippen LogP contribution in [0.15, 0.2) is 18.3 Å². The molecule has 1 aromatic rings. The zero-order chi connectivity index (χ0) is 16.1. The van der Waals surface area contributed by atoms with Gasteiger partial charge in [-0.3, -0.25) is 4.79 Å². The van der Waals surface area contributed by atoms with E-state index in [9.17, 15) is 4.79 Å². The first-order valence-electron chi connectivity index (χ1n) is 8.21. The average molecular weight is 377 g/mol. The second kappa shape index (κ2) is 10.7. The number of nitrogens with zero attached hydrogens (tertiary/aromatic N) is 3. The van der Waals surface area contributed by atoms with Gasteiger partial charge in [-0.05, 0) is 37.3 Å². The summed E-state index contributed by atoms with van der Waals surface area (Å²) in [5.74, 6) is 1.29. The molecule has 2 heterocycles. The third kappa shape index (κ3) is 5.80. The summed E-state index contributed by atoms with van der Waals surface area (Å²) in [6.07, 6.45) is 4.92. The van der Waals surface area contributed by atoms with Crippen LogP contribution in [0.5, 0.6) is 0 Å². The highest BCUT2D eigenvalue weighted by Crippen LogP contribution is 2.23. The van der Waals surface area contributed by atoms with Gasteiger partial charge < -0.3 is 15.5 Å². The summed E-state index contributed by atoms with van der Waals surface area (Å²) >= 11 is 0. The van der Waals surface area contributed by atoms with E-state index < -0.39 is 0 Å². The van der Waals surface area contributed by atoms with Crippen LogP contribution in [0.3, 0.4) is 0 Å². The Labute approximate surface area is 157 Å². The maximum Gasteiger partial charge on any atom is 0.257 e. The number of carbonyl (C=O) groups excluding carboxylic acids is 1. The van der Waals surface area contributed by atoms with Gasteiger partial charge in [0.15, 0.2) is 0 Å². The summed E-state index contributed by atoms with van der Waals surface area (Å²) in [7, 11) is 1.84. The van der Waals surface area contributed by atoms with E-state index >= 15 is 0 Å². The van der Waals surface area contributed by atoms with Crippen LogP contribution >= 0.6 is 24.8 Å². The molecular formula is C17H30Cl2N4O. The molecule has 1 fully saturated rings. The minimum atomic E-state index is 0. The van der Waals surface area contributed by atoms with Gasteiger partial charge in [0.1, 0.15) is 5.82 Å². The van der Waals surface area contributed by atoms with E-state index in [1.54, 1.807) is 11.1 Å². The van der Waals surface area contributed by atoms with Crippen molar-refractivity contribution in [1.29, 1.82) is 0 Å². The van der Waals surface area contributed by atoms with Gasteiger partial charge in [0, 0.05) is 38.9 Å². The van der Waals surface area contributed by atoms with Crippen molar-refractivity contribution in [2.45, 2.75) is 39.2 Å². The van der Waals surface area contributed by atoms with Crippen LogP contribution in [0, 0.1) is 5.92 Å².